The Balaban J connectivity index is 1.51. The van der Waals surface area contributed by atoms with E-state index >= 15 is 0 Å². The number of carbonyl (C=O) groups excluding carboxylic acids is 1. The van der Waals surface area contributed by atoms with E-state index in [4.69, 9.17) is 9.99 Å². The van der Waals surface area contributed by atoms with Crippen molar-refractivity contribution >= 4 is 18.0 Å². The first-order valence-electron chi connectivity index (χ1n) is 10.8. The Hall–Kier alpha value is -1.22. The van der Waals surface area contributed by atoms with Crippen LogP contribution in [0.3, 0.4) is 0 Å². The minimum Gasteiger partial charge on any atom is -0.460 e. The summed E-state index contributed by atoms with van der Waals surface area (Å²) in [5, 5.41) is 7.28. The molecule has 0 spiro atoms. The molecule has 172 valence electrons. The molecule has 0 aliphatic heterocycles. The SMILES string of the molecule is CC(C)(C)c1ccc(C23CC4CC(CC(COC(=O)C(F)(F)SOOO)(C4)C2)C3)cc1. The second-order valence-corrected chi connectivity index (χ2v) is 11.7. The summed E-state index contributed by atoms with van der Waals surface area (Å²) >= 11 is -0.577. The van der Waals surface area contributed by atoms with Crippen molar-refractivity contribution in [2.24, 2.45) is 17.3 Å². The second-order valence-electron chi connectivity index (χ2n) is 10.9. The summed E-state index contributed by atoms with van der Waals surface area (Å²) in [6.45, 7) is 6.57. The van der Waals surface area contributed by atoms with Crippen molar-refractivity contribution in [2.45, 2.75) is 75.4 Å². The quantitative estimate of drug-likeness (QED) is 0.234. The molecule has 2 atom stereocenters. The summed E-state index contributed by atoms with van der Waals surface area (Å²) in [5.41, 5.74) is 2.46. The zero-order chi connectivity index (χ0) is 22.5. The number of carbonyl (C=O) groups is 1. The Morgan fingerprint density at radius 1 is 1.13 bits per heavy atom. The van der Waals surface area contributed by atoms with E-state index in [2.05, 4.69) is 54.4 Å². The highest BCUT2D eigenvalue weighted by Gasteiger charge is 2.59. The molecule has 0 amide bonds. The minimum atomic E-state index is -3.95. The van der Waals surface area contributed by atoms with Gasteiger partial charge in [-0.3, -0.25) is 0 Å². The number of benzene rings is 1. The predicted molar refractivity (Wildman–Crippen MR) is 112 cm³/mol. The molecule has 4 aliphatic carbocycles. The Morgan fingerprint density at radius 3 is 2.29 bits per heavy atom. The van der Waals surface area contributed by atoms with Crippen molar-refractivity contribution in [1.29, 1.82) is 0 Å². The lowest BCUT2D eigenvalue weighted by Crippen LogP contribution is -2.55. The molecule has 4 fully saturated rings. The monoisotopic (exact) mass is 456 g/mol. The van der Waals surface area contributed by atoms with Gasteiger partial charge in [-0.25, -0.2) is 10.1 Å². The molecular weight excluding hydrogens is 426 g/mol. The molecule has 1 aromatic rings. The van der Waals surface area contributed by atoms with Crippen molar-refractivity contribution in [2.75, 3.05) is 6.61 Å². The summed E-state index contributed by atoms with van der Waals surface area (Å²) in [5.74, 6) is -0.611. The van der Waals surface area contributed by atoms with Crippen LogP contribution in [-0.2, 0) is 29.7 Å². The summed E-state index contributed by atoms with van der Waals surface area (Å²) in [6, 6.07) is 8.90. The molecule has 5 rings (SSSR count). The first-order valence-corrected chi connectivity index (χ1v) is 11.5. The van der Waals surface area contributed by atoms with Gasteiger partial charge in [0, 0.05) is 5.41 Å². The van der Waals surface area contributed by atoms with Gasteiger partial charge in [-0.1, -0.05) is 50.1 Å². The van der Waals surface area contributed by atoms with E-state index in [1.54, 1.807) is 0 Å². The molecule has 0 radical (unpaired) electrons. The van der Waals surface area contributed by atoms with E-state index < -0.39 is 23.3 Å². The van der Waals surface area contributed by atoms with Gasteiger partial charge >= 0.3 is 11.2 Å². The van der Waals surface area contributed by atoms with Crippen molar-refractivity contribution in [3.63, 3.8) is 0 Å². The fourth-order valence-corrected chi connectivity index (χ4v) is 6.92. The van der Waals surface area contributed by atoms with Crippen LogP contribution in [0.4, 0.5) is 8.78 Å². The molecule has 31 heavy (non-hydrogen) atoms. The van der Waals surface area contributed by atoms with E-state index in [0.29, 0.717) is 11.8 Å². The predicted octanol–water partition coefficient (Wildman–Crippen LogP) is 6.03. The first-order chi connectivity index (χ1) is 14.5. The molecule has 1 N–H and O–H groups in total. The average molecular weight is 457 g/mol. The van der Waals surface area contributed by atoms with Crippen LogP contribution < -0.4 is 0 Å². The third-order valence-corrected chi connectivity index (χ3v) is 7.97. The number of rotatable bonds is 7. The lowest BCUT2D eigenvalue weighted by molar-refractivity contribution is -0.433. The highest BCUT2D eigenvalue weighted by atomic mass is 32.2. The number of hydrogen-bond donors (Lipinski definition) is 1. The van der Waals surface area contributed by atoms with Crippen molar-refractivity contribution in [3.8, 4) is 0 Å². The number of hydrogen-bond acceptors (Lipinski definition) is 6. The molecule has 5 nitrogen and oxygen atoms in total. The third-order valence-electron chi connectivity index (χ3n) is 7.46. The van der Waals surface area contributed by atoms with Crippen LogP contribution in [0.5, 0.6) is 0 Å². The van der Waals surface area contributed by atoms with E-state index in [0.717, 1.165) is 32.1 Å². The van der Waals surface area contributed by atoms with Crippen molar-refractivity contribution < 1.29 is 32.9 Å². The van der Waals surface area contributed by atoms with Crippen LogP contribution in [0, 0.1) is 17.3 Å². The maximum absolute atomic E-state index is 13.8. The van der Waals surface area contributed by atoms with Crippen LogP contribution in [0.15, 0.2) is 24.3 Å². The topological polar surface area (TPSA) is 65.0 Å². The highest BCUT2D eigenvalue weighted by molar-refractivity contribution is 7.96. The van der Waals surface area contributed by atoms with Gasteiger partial charge in [0.2, 0.25) is 0 Å². The number of ether oxygens (including phenoxy) is 1. The molecular formula is C23H30F2O5S. The fraction of sp³-hybridized carbons (Fsp3) is 0.696. The summed E-state index contributed by atoms with van der Waals surface area (Å²) in [7, 11) is 0. The maximum atomic E-state index is 13.8. The maximum Gasteiger partial charge on any atom is 0.415 e. The Labute approximate surface area is 185 Å². The Kier molecular flexibility index (Phi) is 5.90. The molecule has 4 saturated carbocycles. The lowest BCUT2D eigenvalue weighted by atomic mass is 9.43. The van der Waals surface area contributed by atoms with Crippen LogP contribution >= 0.6 is 12.0 Å². The van der Waals surface area contributed by atoms with Crippen LogP contribution in [-0.4, -0.2) is 23.1 Å². The standard InChI is InChI=1S/C23H30F2O5S/c1-20(2,3)17-4-6-18(7-5-17)22-11-15-8-16(12-22)10-21(9-15,13-22)14-28-19(26)23(24,25)31-30-29-27/h4-7,15-16,27H,8-14H2,1-3H3. The van der Waals surface area contributed by atoms with Gasteiger partial charge in [-0.2, -0.15) is 8.78 Å². The highest BCUT2D eigenvalue weighted by Crippen LogP contribution is 2.65. The molecule has 0 saturated heterocycles. The normalized spacial score (nSPS) is 32.3. The summed E-state index contributed by atoms with van der Waals surface area (Å²) < 4.78 is 36.5. The molecule has 2 unspecified atom stereocenters. The van der Waals surface area contributed by atoms with Gasteiger partial charge in [-0.15, -0.1) is 4.33 Å². The van der Waals surface area contributed by atoms with Gasteiger partial charge < -0.3 is 4.74 Å². The van der Waals surface area contributed by atoms with Crippen molar-refractivity contribution in [3.05, 3.63) is 35.4 Å². The van der Waals surface area contributed by atoms with Gasteiger partial charge in [0.1, 0.15) is 12.0 Å². The number of alkyl halides is 2. The van der Waals surface area contributed by atoms with Gasteiger partial charge in [-0.05, 0) is 72.3 Å². The van der Waals surface area contributed by atoms with E-state index in [1.807, 2.05) is 0 Å². The molecule has 8 heteroatoms. The fourth-order valence-electron chi connectivity index (χ4n) is 6.68. The summed E-state index contributed by atoms with van der Waals surface area (Å²) in [4.78, 5) is 11.9. The van der Waals surface area contributed by atoms with Crippen LogP contribution in [0.2, 0.25) is 0 Å². The van der Waals surface area contributed by atoms with Crippen molar-refractivity contribution in [1.82, 2.24) is 0 Å². The zero-order valence-corrected chi connectivity index (χ0v) is 19.0. The molecule has 4 bridgehead atoms. The molecule has 0 aromatic heterocycles. The Morgan fingerprint density at radius 2 is 1.74 bits per heavy atom. The first kappa shape index (κ1) is 23.0. The summed E-state index contributed by atoms with van der Waals surface area (Å²) in [6.07, 6.45) is 6.07. The van der Waals surface area contributed by atoms with Crippen LogP contribution in [0.25, 0.3) is 0 Å². The Bertz CT molecular complexity index is 806. The van der Waals surface area contributed by atoms with E-state index in [1.165, 1.54) is 17.5 Å². The average Bonchev–Trinajstić information content (AvgIpc) is 2.69. The third kappa shape index (κ3) is 4.49. The molecule has 1 aromatic carbocycles. The largest absolute Gasteiger partial charge is 0.460 e. The molecule has 4 aliphatic rings. The van der Waals surface area contributed by atoms with E-state index in [9.17, 15) is 13.6 Å². The number of esters is 1. The van der Waals surface area contributed by atoms with Gasteiger partial charge in [0.15, 0.2) is 0 Å². The lowest BCUT2D eigenvalue weighted by Gasteiger charge is -2.62. The minimum absolute atomic E-state index is 0.0171. The van der Waals surface area contributed by atoms with Crippen LogP contribution in [0.1, 0.15) is 70.4 Å². The molecule has 0 heterocycles. The second kappa shape index (κ2) is 7.97. The van der Waals surface area contributed by atoms with Gasteiger partial charge in [0.25, 0.3) is 0 Å². The zero-order valence-electron chi connectivity index (χ0n) is 18.2. The smallest absolute Gasteiger partial charge is 0.415 e. The van der Waals surface area contributed by atoms with Gasteiger partial charge in [0.05, 0.1) is 6.61 Å². The number of halogens is 2. The van der Waals surface area contributed by atoms with E-state index in [-0.39, 0.29) is 22.9 Å².